The van der Waals surface area contributed by atoms with E-state index in [2.05, 4.69) is 19.6 Å². The maximum atomic E-state index is 10.3. The van der Waals surface area contributed by atoms with Gasteiger partial charge in [-0.1, -0.05) is 0 Å². The van der Waals surface area contributed by atoms with Crippen LogP contribution < -0.4 is 0 Å². The van der Waals surface area contributed by atoms with Gasteiger partial charge < -0.3 is 5.11 Å². The summed E-state index contributed by atoms with van der Waals surface area (Å²) in [7, 11) is 0. The first-order chi connectivity index (χ1) is 6.11. The fourth-order valence-corrected chi connectivity index (χ4v) is 0.753. The van der Waals surface area contributed by atoms with E-state index < -0.39 is 5.97 Å². The summed E-state index contributed by atoms with van der Waals surface area (Å²) in [5.74, 6) is -0.909. The van der Waals surface area contributed by atoms with E-state index in [4.69, 9.17) is 5.11 Å². The van der Waals surface area contributed by atoms with Gasteiger partial charge in [0.05, 0.1) is 5.56 Å². The number of hydrogen-bond acceptors (Lipinski definition) is 2. The van der Waals surface area contributed by atoms with Crippen molar-refractivity contribution in [3.63, 3.8) is 0 Å². The molecule has 0 aliphatic rings. The number of aromatic carboxylic acids is 1. The molecule has 0 amide bonds. The second-order valence-electron chi connectivity index (χ2n) is 2.35. The zero-order chi connectivity index (χ0) is 10.3. The first kappa shape index (κ1) is 13.0. The number of hydrogen-bond donors (Lipinski definition) is 2. The van der Waals surface area contributed by atoms with Gasteiger partial charge in [-0.25, -0.2) is 4.79 Å². The predicted molar refractivity (Wildman–Crippen MR) is 51.1 cm³/mol. The number of benzene rings is 1. The molecule has 2 nitrogen and oxygen atoms in total. The summed E-state index contributed by atoms with van der Waals surface area (Å²) in [5, 5.41) is 8.45. The summed E-state index contributed by atoms with van der Waals surface area (Å²) >= 11 is 5.07. The maximum Gasteiger partial charge on any atom is 0.335 e. The zero-order valence-electron chi connectivity index (χ0n) is 7.53. The zero-order valence-corrected chi connectivity index (χ0v) is 13.9. The summed E-state index contributed by atoms with van der Waals surface area (Å²) in [5.41, 5.74) is 0.290. The van der Waals surface area contributed by atoms with Crippen LogP contribution in [-0.2, 0) is 26.1 Å². The van der Waals surface area contributed by atoms with Crippen molar-refractivity contribution in [2.45, 2.75) is 15.7 Å². The predicted octanol–water partition coefficient (Wildman–Crippen LogP) is 2.64. The van der Waals surface area contributed by atoms with E-state index in [0.29, 0.717) is 0 Å². The number of carboxylic acid groups (broad SMARTS) is 1. The Hall–Kier alpha value is -0.0249. The number of carboxylic acids is 1. The first-order valence-corrected chi connectivity index (χ1v) is 8.26. The van der Waals surface area contributed by atoms with Gasteiger partial charge >= 0.3 is 42.9 Å². The summed E-state index contributed by atoms with van der Waals surface area (Å²) in [6.45, 7) is 2.21. The maximum absolute atomic E-state index is 10.3. The van der Waals surface area contributed by atoms with Crippen molar-refractivity contribution in [3.8, 4) is 0 Å². The van der Waals surface area contributed by atoms with Crippen LogP contribution in [0.25, 0.3) is 0 Å². The molecule has 0 aromatic heterocycles. The number of carbonyl (C=O) groups is 1. The van der Waals surface area contributed by atoms with E-state index in [1.807, 2.05) is 0 Å². The molecule has 0 bridgehead atoms. The molecular weight excluding hydrogens is 373 g/mol. The number of thiol groups is 1. The Labute approximate surface area is 99.7 Å². The van der Waals surface area contributed by atoms with Crippen LogP contribution in [0.2, 0.25) is 3.93 Å². The summed E-state index contributed by atoms with van der Waals surface area (Å²) in [6.07, 6.45) is 0. The van der Waals surface area contributed by atoms with Crippen LogP contribution in [0.3, 0.4) is 0 Å². The van der Waals surface area contributed by atoms with Gasteiger partial charge in [0.25, 0.3) is 0 Å². The molecular formula is C9H11HgO2S. The van der Waals surface area contributed by atoms with Crippen LogP contribution in [-0.4, -0.2) is 11.1 Å². The second-order valence-corrected chi connectivity index (χ2v) is 6.76. The summed E-state index contributed by atoms with van der Waals surface area (Å²) < 4.78 is 1.44. The molecule has 4 heteroatoms. The molecule has 1 aromatic carbocycles. The molecule has 67 valence electrons. The van der Waals surface area contributed by atoms with Crippen LogP contribution in [0.15, 0.2) is 29.2 Å². The van der Waals surface area contributed by atoms with Crippen molar-refractivity contribution < 1.29 is 36.0 Å². The minimum Gasteiger partial charge on any atom is -0.478 e. The van der Waals surface area contributed by atoms with Gasteiger partial charge in [-0.05, 0) is 24.3 Å². The Kier molecular flexibility index (Phi) is 7.37. The third-order valence-electron chi connectivity index (χ3n) is 1.11. The Morgan fingerprint density at radius 2 is 1.85 bits per heavy atom. The van der Waals surface area contributed by atoms with E-state index >= 15 is 0 Å². The molecule has 0 radical (unpaired) electrons. The fourth-order valence-electron chi connectivity index (χ4n) is 0.604. The standard InChI is InChI=1S/C7H6O2S.C2H5.Hg/c8-7(9)5-1-3-6(10)4-2-5;1-2;/h1-4,10H,(H,8,9);1H2,2H3;. The van der Waals surface area contributed by atoms with E-state index in [9.17, 15) is 4.79 Å². The average molecular weight is 384 g/mol. The number of rotatable bonds is 1. The van der Waals surface area contributed by atoms with Gasteiger partial charge in [0.1, 0.15) is 0 Å². The molecule has 0 saturated carbocycles. The van der Waals surface area contributed by atoms with Crippen LogP contribution in [0, 0.1) is 0 Å². The molecule has 0 fully saturated rings. The molecule has 1 rings (SSSR count). The van der Waals surface area contributed by atoms with Crippen molar-refractivity contribution in [1.29, 1.82) is 0 Å². The molecule has 0 saturated heterocycles. The molecule has 0 heterocycles. The van der Waals surface area contributed by atoms with Crippen molar-refractivity contribution in [1.82, 2.24) is 0 Å². The molecule has 1 aromatic rings. The fraction of sp³-hybridized carbons (Fsp3) is 0.222. The molecule has 1 N–H and O–H groups in total. The van der Waals surface area contributed by atoms with Crippen LogP contribution in [0.4, 0.5) is 0 Å². The first-order valence-electron chi connectivity index (χ1n) is 3.93. The monoisotopic (exact) mass is 385 g/mol. The molecule has 0 aliphatic heterocycles. The topological polar surface area (TPSA) is 37.3 Å². The smallest absolute Gasteiger partial charge is 0.335 e. The summed E-state index contributed by atoms with van der Waals surface area (Å²) in [4.78, 5) is 11.1. The Morgan fingerprint density at radius 1 is 1.46 bits per heavy atom. The molecule has 0 aliphatic carbocycles. The quantitative estimate of drug-likeness (QED) is 0.578. The third-order valence-corrected chi connectivity index (χ3v) is 1.41. The van der Waals surface area contributed by atoms with Crippen LogP contribution in [0.5, 0.6) is 0 Å². The molecule has 0 spiro atoms. The second kappa shape index (κ2) is 7.39. The minimum atomic E-state index is -0.909. The Morgan fingerprint density at radius 3 is 2.15 bits per heavy atom. The van der Waals surface area contributed by atoms with Crippen LogP contribution >= 0.6 is 12.6 Å². The van der Waals surface area contributed by atoms with Gasteiger partial charge in [0.2, 0.25) is 0 Å². The van der Waals surface area contributed by atoms with Gasteiger partial charge in [0.15, 0.2) is 0 Å². The third kappa shape index (κ3) is 6.10. The van der Waals surface area contributed by atoms with Gasteiger partial charge in [0, 0.05) is 4.90 Å². The van der Waals surface area contributed by atoms with Gasteiger partial charge in [-0.3, -0.25) is 0 Å². The van der Waals surface area contributed by atoms with E-state index in [-0.39, 0.29) is 5.56 Å². The normalized spacial score (nSPS) is 8.62. The summed E-state index contributed by atoms with van der Waals surface area (Å²) in [6, 6.07) is 6.33. The van der Waals surface area contributed by atoms with Gasteiger partial charge in [-0.15, -0.1) is 12.6 Å². The van der Waals surface area contributed by atoms with Gasteiger partial charge in [-0.2, -0.15) is 0 Å². The van der Waals surface area contributed by atoms with E-state index in [0.717, 1.165) is 31.0 Å². The van der Waals surface area contributed by atoms with E-state index in [1.165, 1.54) is 16.1 Å². The van der Waals surface area contributed by atoms with Crippen molar-refractivity contribution >= 4 is 18.6 Å². The SMILES string of the molecule is C[CH2][Hg].O=C(O)c1ccc(S)cc1. The van der Waals surface area contributed by atoms with Crippen LogP contribution in [0.1, 0.15) is 17.3 Å². The van der Waals surface area contributed by atoms with Crippen molar-refractivity contribution in [3.05, 3.63) is 29.8 Å². The minimum absolute atomic E-state index is 0.290. The average Bonchev–Trinajstić information content (AvgIpc) is 2.06. The Bertz CT molecular complexity index is 259. The molecule has 0 atom stereocenters. The van der Waals surface area contributed by atoms with Crippen molar-refractivity contribution in [2.24, 2.45) is 0 Å². The Balaban J connectivity index is 0.000000424. The largest absolute Gasteiger partial charge is 0.478 e. The van der Waals surface area contributed by atoms with Crippen molar-refractivity contribution in [2.75, 3.05) is 0 Å². The molecule has 13 heavy (non-hydrogen) atoms. The van der Waals surface area contributed by atoms with E-state index in [1.54, 1.807) is 12.1 Å². The molecule has 0 unspecified atom stereocenters.